The Kier molecular flexibility index (Phi) is 2.97. The minimum atomic E-state index is -0.525. The molecule has 0 unspecified atom stereocenters. The topological polar surface area (TPSA) is 67.0 Å². The number of aromatic amines is 1. The van der Waals surface area contributed by atoms with Gasteiger partial charge in [-0.15, -0.1) is 0 Å². The van der Waals surface area contributed by atoms with Crippen molar-refractivity contribution in [2.45, 2.75) is 51.6 Å². The van der Waals surface area contributed by atoms with Crippen molar-refractivity contribution < 1.29 is 9.53 Å². The van der Waals surface area contributed by atoms with E-state index in [1.165, 1.54) is 18.4 Å². The van der Waals surface area contributed by atoms with Gasteiger partial charge in [-0.1, -0.05) is 19.1 Å². The van der Waals surface area contributed by atoms with Crippen LogP contribution >= 0.6 is 0 Å². The Labute approximate surface area is 124 Å². The molecule has 1 heterocycles. The lowest BCUT2D eigenvalue weighted by Gasteiger charge is -2.19. The first kappa shape index (κ1) is 13.9. The first-order valence-corrected chi connectivity index (χ1v) is 7.26. The molecule has 5 heteroatoms. The van der Waals surface area contributed by atoms with Gasteiger partial charge in [0.2, 0.25) is 0 Å². The van der Waals surface area contributed by atoms with E-state index in [1.54, 1.807) is 0 Å². The number of amides is 1. The number of anilines is 1. The average molecular weight is 287 g/mol. The van der Waals surface area contributed by atoms with E-state index in [2.05, 4.69) is 28.5 Å². The number of rotatable bonds is 2. The summed E-state index contributed by atoms with van der Waals surface area (Å²) >= 11 is 0. The summed E-state index contributed by atoms with van der Waals surface area (Å²) in [6.45, 7) is 7.76. The Morgan fingerprint density at radius 3 is 2.71 bits per heavy atom. The van der Waals surface area contributed by atoms with Crippen LogP contribution in [0.3, 0.4) is 0 Å². The highest BCUT2D eigenvalue weighted by atomic mass is 16.6. The molecule has 5 nitrogen and oxygen atoms in total. The number of ether oxygens (including phenoxy) is 1. The largest absolute Gasteiger partial charge is 0.444 e. The monoisotopic (exact) mass is 287 g/mol. The summed E-state index contributed by atoms with van der Waals surface area (Å²) in [5.41, 5.74) is 1.99. The Balaban J connectivity index is 1.89. The molecule has 0 spiro atoms. The molecule has 1 aromatic heterocycles. The molecule has 0 radical (unpaired) electrons. The van der Waals surface area contributed by atoms with E-state index < -0.39 is 11.7 Å². The second-order valence-electron chi connectivity index (χ2n) is 6.99. The zero-order chi connectivity index (χ0) is 15.3. The molecule has 1 aromatic carbocycles. The van der Waals surface area contributed by atoms with Gasteiger partial charge in [-0.25, -0.2) is 4.79 Å². The van der Waals surface area contributed by atoms with Crippen molar-refractivity contribution in [1.29, 1.82) is 0 Å². The molecule has 3 rings (SSSR count). The lowest BCUT2D eigenvalue weighted by atomic mass is 9.96. The Bertz CT molecular complexity index is 693. The maximum absolute atomic E-state index is 11.9. The Hall–Kier alpha value is -2.04. The van der Waals surface area contributed by atoms with Crippen LogP contribution in [0.25, 0.3) is 10.9 Å². The average Bonchev–Trinajstić information content (AvgIpc) is 2.98. The third kappa shape index (κ3) is 2.73. The SMILES string of the molecule is CC(C)(C)OC(=O)Nc1n[nH]c2c(C3(C)CC3)cccc12. The molecule has 0 atom stereocenters. The van der Waals surface area contributed by atoms with Crippen LogP contribution in [0.4, 0.5) is 10.6 Å². The molecule has 1 amide bonds. The maximum atomic E-state index is 11.9. The van der Waals surface area contributed by atoms with Crippen LogP contribution in [0, 0.1) is 0 Å². The summed E-state index contributed by atoms with van der Waals surface area (Å²) in [5.74, 6) is 0.519. The summed E-state index contributed by atoms with van der Waals surface area (Å²) in [6, 6.07) is 6.10. The summed E-state index contributed by atoms with van der Waals surface area (Å²) in [5, 5.41) is 10.9. The minimum Gasteiger partial charge on any atom is -0.444 e. The Morgan fingerprint density at radius 2 is 2.10 bits per heavy atom. The summed E-state index contributed by atoms with van der Waals surface area (Å²) < 4.78 is 5.27. The van der Waals surface area contributed by atoms with Crippen molar-refractivity contribution in [1.82, 2.24) is 10.2 Å². The second-order valence-corrected chi connectivity index (χ2v) is 6.99. The van der Waals surface area contributed by atoms with Gasteiger partial charge in [0, 0.05) is 5.39 Å². The molecule has 1 aliphatic carbocycles. The molecule has 0 saturated heterocycles. The standard InChI is InChI=1S/C16H21N3O2/c1-15(2,3)21-14(20)17-13-10-6-5-7-11(12(10)18-19-13)16(4)8-9-16/h5-7H,8-9H2,1-4H3,(H2,17,18,19,20). The van der Waals surface area contributed by atoms with Crippen LogP contribution in [0.5, 0.6) is 0 Å². The predicted molar refractivity (Wildman–Crippen MR) is 82.5 cm³/mol. The van der Waals surface area contributed by atoms with Crippen molar-refractivity contribution in [3.05, 3.63) is 23.8 Å². The molecule has 0 aliphatic heterocycles. The van der Waals surface area contributed by atoms with Crippen LogP contribution in [0.15, 0.2) is 18.2 Å². The minimum absolute atomic E-state index is 0.245. The van der Waals surface area contributed by atoms with E-state index in [0.717, 1.165) is 10.9 Å². The predicted octanol–water partition coefficient (Wildman–Crippen LogP) is 3.96. The smallest absolute Gasteiger partial charge is 0.413 e. The normalized spacial score (nSPS) is 16.8. The highest BCUT2D eigenvalue weighted by Gasteiger charge is 2.40. The number of nitrogens with zero attached hydrogens (tertiary/aromatic N) is 1. The molecule has 1 fully saturated rings. The Morgan fingerprint density at radius 1 is 1.38 bits per heavy atom. The second kappa shape index (κ2) is 4.48. The van der Waals surface area contributed by atoms with Crippen molar-refractivity contribution in [2.75, 3.05) is 5.32 Å². The fourth-order valence-corrected chi connectivity index (χ4v) is 2.50. The molecule has 1 saturated carbocycles. The molecule has 21 heavy (non-hydrogen) atoms. The lowest BCUT2D eigenvalue weighted by Crippen LogP contribution is -2.27. The van der Waals surface area contributed by atoms with Crippen LogP contribution in [-0.4, -0.2) is 21.9 Å². The van der Waals surface area contributed by atoms with Gasteiger partial charge in [-0.3, -0.25) is 10.4 Å². The van der Waals surface area contributed by atoms with Crippen molar-refractivity contribution in [3.63, 3.8) is 0 Å². The molecular formula is C16H21N3O2. The van der Waals surface area contributed by atoms with Gasteiger partial charge in [0.05, 0.1) is 5.52 Å². The number of benzene rings is 1. The van der Waals surface area contributed by atoms with E-state index in [0.29, 0.717) is 5.82 Å². The number of fused-ring (bicyclic) bond motifs is 1. The number of hydrogen-bond donors (Lipinski definition) is 2. The maximum Gasteiger partial charge on any atom is 0.413 e. The molecule has 0 bridgehead atoms. The van der Waals surface area contributed by atoms with Gasteiger partial charge in [-0.2, -0.15) is 5.10 Å². The number of aromatic nitrogens is 2. The first-order valence-electron chi connectivity index (χ1n) is 7.26. The first-order chi connectivity index (χ1) is 9.78. The summed E-state index contributed by atoms with van der Waals surface area (Å²) in [4.78, 5) is 11.9. The molecule has 2 N–H and O–H groups in total. The number of carbonyl (C=O) groups is 1. The van der Waals surface area contributed by atoms with E-state index in [9.17, 15) is 4.79 Å². The zero-order valence-electron chi connectivity index (χ0n) is 12.9. The number of H-pyrrole nitrogens is 1. The van der Waals surface area contributed by atoms with Gasteiger partial charge in [0.1, 0.15) is 5.60 Å². The van der Waals surface area contributed by atoms with Gasteiger partial charge < -0.3 is 4.74 Å². The van der Waals surface area contributed by atoms with Crippen molar-refractivity contribution in [2.24, 2.45) is 0 Å². The van der Waals surface area contributed by atoms with Crippen molar-refractivity contribution in [3.8, 4) is 0 Å². The van der Waals surface area contributed by atoms with Crippen molar-refractivity contribution >= 4 is 22.8 Å². The third-order valence-electron chi connectivity index (χ3n) is 3.87. The molecule has 112 valence electrons. The van der Waals surface area contributed by atoms with E-state index in [1.807, 2.05) is 32.9 Å². The summed E-state index contributed by atoms with van der Waals surface area (Å²) in [6.07, 6.45) is 1.90. The molecular weight excluding hydrogens is 266 g/mol. The van der Waals surface area contributed by atoms with Crippen LogP contribution in [0.2, 0.25) is 0 Å². The van der Waals surface area contributed by atoms with E-state index in [4.69, 9.17) is 4.74 Å². The van der Waals surface area contributed by atoms with Gasteiger partial charge >= 0.3 is 6.09 Å². The zero-order valence-corrected chi connectivity index (χ0v) is 12.9. The number of nitrogens with one attached hydrogen (secondary N) is 2. The van der Waals surface area contributed by atoms with E-state index >= 15 is 0 Å². The summed E-state index contributed by atoms with van der Waals surface area (Å²) in [7, 11) is 0. The fourth-order valence-electron chi connectivity index (χ4n) is 2.50. The quantitative estimate of drug-likeness (QED) is 0.878. The third-order valence-corrected chi connectivity index (χ3v) is 3.87. The van der Waals surface area contributed by atoms with Crippen LogP contribution in [-0.2, 0) is 10.2 Å². The van der Waals surface area contributed by atoms with Gasteiger partial charge in [0.15, 0.2) is 5.82 Å². The molecule has 1 aliphatic rings. The highest BCUT2D eigenvalue weighted by molar-refractivity contribution is 5.98. The fraction of sp³-hybridized carbons (Fsp3) is 0.500. The number of hydrogen-bond acceptors (Lipinski definition) is 3. The lowest BCUT2D eigenvalue weighted by molar-refractivity contribution is 0.0635. The van der Waals surface area contributed by atoms with E-state index in [-0.39, 0.29) is 5.41 Å². The molecule has 2 aromatic rings. The van der Waals surface area contributed by atoms with Crippen LogP contribution in [0.1, 0.15) is 46.1 Å². The number of para-hydroxylation sites is 1. The van der Waals surface area contributed by atoms with Gasteiger partial charge in [-0.05, 0) is 50.7 Å². The van der Waals surface area contributed by atoms with Crippen LogP contribution < -0.4 is 5.32 Å². The number of carbonyl (C=O) groups excluding carboxylic acids is 1. The highest BCUT2D eigenvalue weighted by Crippen LogP contribution is 2.49. The van der Waals surface area contributed by atoms with Gasteiger partial charge in [0.25, 0.3) is 0 Å².